The van der Waals surface area contributed by atoms with Crippen LogP contribution in [-0.4, -0.2) is 41.4 Å². The zero-order valence-electron chi connectivity index (χ0n) is 20.8. The van der Waals surface area contributed by atoms with Gasteiger partial charge in [0.15, 0.2) is 11.4 Å². The Morgan fingerprint density at radius 3 is 2.19 bits per heavy atom. The highest BCUT2D eigenvalue weighted by atomic mass is 16.5. The van der Waals surface area contributed by atoms with Crippen LogP contribution in [0.1, 0.15) is 53.7 Å². The molecule has 1 aliphatic carbocycles. The van der Waals surface area contributed by atoms with Gasteiger partial charge in [-0.25, -0.2) is 0 Å². The summed E-state index contributed by atoms with van der Waals surface area (Å²) in [7, 11) is 1.65. The summed E-state index contributed by atoms with van der Waals surface area (Å²) in [5, 5.41) is 2.27. The van der Waals surface area contributed by atoms with Crippen molar-refractivity contribution >= 4 is 5.91 Å². The van der Waals surface area contributed by atoms with E-state index in [1.165, 1.54) is 6.07 Å². The van der Waals surface area contributed by atoms with Crippen molar-refractivity contribution in [2.24, 2.45) is 0 Å². The van der Waals surface area contributed by atoms with E-state index in [1.807, 2.05) is 58.1 Å². The third-order valence-electron chi connectivity index (χ3n) is 7.30. The van der Waals surface area contributed by atoms with E-state index in [1.54, 1.807) is 13.3 Å². The van der Waals surface area contributed by atoms with Crippen LogP contribution in [0.2, 0.25) is 0 Å². The van der Waals surface area contributed by atoms with E-state index < -0.39 is 5.66 Å². The summed E-state index contributed by atoms with van der Waals surface area (Å²) in [6, 6.07) is 21.4. The average Bonchev–Trinajstić information content (AvgIpc) is 2.92. The first-order chi connectivity index (χ1) is 17.6. The van der Waals surface area contributed by atoms with Gasteiger partial charge in [0.2, 0.25) is 5.43 Å². The van der Waals surface area contributed by atoms with Crippen molar-refractivity contribution in [1.82, 2.24) is 9.58 Å². The lowest BCUT2D eigenvalue weighted by Crippen LogP contribution is -2.71. The number of nitrogens with zero attached hydrogens (tertiary/aromatic N) is 3. The number of ether oxygens (including phenoxy) is 2. The standard InChI is InChI=1S/C29H33N3O4/c1-35-20-19-30-28(34)26-27(36-22-24-13-7-3-8-14-24)25(33)15-18-31(26)32(21-23-11-5-2-6-12-23)29(30)16-9-4-10-17-29/h2-3,5-8,11-15,18H,4,9-10,16-17,19-22H2,1H3. The molecule has 1 spiro atoms. The molecular formula is C29H33N3O4. The van der Waals surface area contributed by atoms with Crippen molar-refractivity contribution < 1.29 is 14.3 Å². The molecule has 36 heavy (non-hydrogen) atoms. The SMILES string of the molecule is COCCN1C(=O)c2c(OCc3ccccc3)c(=O)ccn2N(Cc2ccccc2)C12CCCCC2. The minimum atomic E-state index is -0.498. The number of fused-ring (bicyclic) bond motifs is 1. The molecule has 1 aromatic heterocycles. The first-order valence-electron chi connectivity index (χ1n) is 12.7. The van der Waals surface area contributed by atoms with Crippen molar-refractivity contribution in [3.63, 3.8) is 0 Å². The van der Waals surface area contributed by atoms with Crippen LogP contribution >= 0.6 is 0 Å². The van der Waals surface area contributed by atoms with Gasteiger partial charge in [-0.3, -0.25) is 19.3 Å². The van der Waals surface area contributed by atoms with Gasteiger partial charge in [-0.05, 0) is 36.8 Å². The number of hydrogen-bond acceptors (Lipinski definition) is 5. The van der Waals surface area contributed by atoms with E-state index in [2.05, 4.69) is 17.1 Å². The minimum absolute atomic E-state index is 0.0949. The van der Waals surface area contributed by atoms with Gasteiger partial charge < -0.3 is 14.4 Å². The fourth-order valence-corrected chi connectivity index (χ4v) is 5.55. The Morgan fingerprint density at radius 1 is 0.861 bits per heavy atom. The van der Waals surface area contributed by atoms with Crippen molar-refractivity contribution in [2.75, 3.05) is 25.3 Å². The van der Waals surface area contributed by atoms with Crippen molar-refractivity contribution in [3.8, 4) is 5.75 Å². The molecule has 7 heteroatoms. The van der Waals surface area contributed by atoms with E-state index in [0.29, 0.717) is 19.7 Å². The monoisotopic (exact) mass is 487 g/mol. The first-order valence-corrected chi connectivity index (χ1v) is 12.7. The highest BCUT2D eigenvalue weighted by Crippen LogP contribution is 2.41. The van der Waals surface area contributed by atoms with Crippen LogP contribution in [0.4, 0.5) is 0 Å². The highest BCUT2D eigenvalue weighted by molar-refractivity contribution is 5.97. The smallest absolute Gasteiger partial charge is 0.278 e. The molecular weight excluding hydrogens is 454 g/mol. The second kappa shape index (κ2) is 10.6. The zero-order chi connectivity index (χ0) is 25.0. The second-order valence-electron chi connectivity index (χ2n) is 9.51. The van der Waals surface area contributed by atoms with Crippen LogP contribution in [0.3, 0.4) is 0 Å². The van der Waals surface area contributed by atoms with E-state index in [0.717, 1.165) is 43.2 Å². The predicted molar refractivity (Wildman–Crippen MR) is 139 cm³/mol. The van der Waals surface area contributed by atoms with Gasteiger partial charge >= 0.3 is 0 Å². The van der Waals surface area contributed by atoms with Crippen LogP contribution in [0.25, 0.3) is 0 Å². The molecule has 1 aliphatic heterocycles. The molecule has 0 atom stereocenters. The van der Waals surface area contributed by atoms with Crippen LogP contribution in [-0.2, 0) is 17.9 Å². The Bertz CT molecular complexity index is 1240. The maximum absolute atomic E-state index is 14.2. The lowest BCUT2D eigenvalue weighted by atomic mass is 9.85. The van der Waals surface area contributed by atoms with Gasteiger partial charge in [0.25, 0.3) is 5.91 Å². The molecule has 0 N–H and O–H groups in total. The summed E-state index contributed by atoms with van der Waals surface area (Å²) in [6.45, 7) is 1.68. The minimum Gasteiger partial charge on any atom is -0.482 e. The summed E-state index contributed by atoms with van der Waals surface area (Å²) in [6.07, 6.45) is 6.68. The molecule has 2 heterocycles. The molecule has 1 saturated carbocycles. The van der Waals surface area contributed by atoms with Crippen molar-refractivity contribution in [1.29, 1.82) is 0 Å². The van der Waals surface area contributed by atoms with Gasteiger partial charge in [0.1, 0.15) is 12.3 Å². The van der Waals surface area contributed by atoms with Gasteiger partial charge in [-0.1, -0.05) is 67.1 Å². The summed E-state index contributed by atoms with van der Waals surface area (Å²) in [5.41, 5.74) is 1.56. The van der Waals surface area contributed by atoms with E-state index >= 15 is 0 Å². The number of hydrogen-bond donors (Lipinski definition) is 0. The first kappa shape index (κ1) is 24.1. The number of carbonyl (C=O) groups excluding carboxylic acids is 1. The molecule has 5 rings (SSSR count). The molecule has 0 saturated heterocycles. The Morgan fingerprint density at radius 2 is 1.53 bits per heavy atom. The normalized spacial score (nSPS) is 16.8. The predicted octanol–water partition coefficient (Wildman–Crippen LogP) is 4.33. The number of aromatic nitrogens is 1. The number of amides is 1. The molecule has 1 amide bonds. The molecule has 0 unspecified atom stereocenters. The maximum Gasteiger partial charge on any atom is 0.278 e. The van der Waals surface area contributed by atoms with Crippen LogP contribution in [0, 0.1) is 0 Å². The Hall–Kier alpha value is -3.58. The van der Waals surface area contributed by atoms with Crippen LogP contribution < -0.4 is 15.2 Å². The van der Waals surface area contributed by atoms with Gasteiger partial charge in [-0.15, -0.1) is 0 Å². The number of benzene rings is 2. The molecule has 7 nitrogen and oxygen atoms in total. The summed E-state index contributed by atoms with van der Waals surface area (Å²) in [4.78, 5) is 29.2. The Balaban J connectivity index is 1.63. The highest BCUT2D eigenvalue weighted by Gasteiger charge is 2.51. The molecule has 188 valence electrons. The Kier molecular flexibility index (Phi) is 7.09. The molecule has 0 radical (unpaired) electrons. The number of rotatable bonds is 8. The quantitative estimate of drug-likeness (QED) is 0.473. The maximum atomic E-state index is 14.2. The molecule has 0 bridgehead atoms. The fourth-order valence-electron chi connectivity index (χ4n) is 5.55. The lowest BCUT2D eigenvalue weighted by molar-refractivity contribution is -0.00250. The van der Waals surface area contributed by atoms with E-state index in [-0.39, 0.29) is 29.4 Å². The Labute approximate surface area is 211 Å². The zero-order valence-corrected chi connectivity index (χ0v) is 20.8. The third-order valence-corrected chi connectivity index (χ3v) is 7.30. The van der Waals surface area contributed by atoms with Crippen molar-refractivity contribution in [3.05, 3.63) is 100.0 Å². The number of pyridine rings is 1. The molecule has 3 aromatic rings. The molecule has 2 aliphatic rings. The van der Waals surface area contributed by atoms with Gasteiger partial charge in [-0.2, -0.15) is 0 Å². The number of methoxy groups -OCH3 is 1. The van der Waals surface area contributed by atoms with Gasteiger partial charge in [0, 0.05) is 25.9 Å². The largest absolute Gasteiger partial charge is 0.482 e. The van der Waals surface area contributed by atoms with Gasteiger partial charge in [0.05, 0.1) is 13.2 Å². The van der Waals surface area contributed by atoms with Crippen LogP contribution in [0.5, 0.6) is 5.75 Å². The third kappa shape index (κ3) is 4.51. The molecule has 2 aromatic carbocycles. The topological polar surface area (TPSA) is 64.0 Å². The molecule has 1 fully saturated rings. The summed E-state index contributed by atoms with van der Waals surface area (Å²) >= 11 is 0. The van der Waals surface area contributed by atoms with E-state index in [9.17, 15) is 9.59 Å². The van der Waals surface area contributed by atoms with E-state index in [4.69, 9.17) is 9.47 Å². The number of carbonyl (C=O) groups is 1. The fraction of sp³-hybridized carbons (Fsp3) is 0.379. The van der Waals surface area contributed by atoms with Crippen molar-refractivity contribution in [2.45, 2.75) is 50.9 Å². The average molecular weight is 488 g/mol. The summed E-state index contributed by atoms with van der Waals surface area (Å²) < 4.78 is 13.4. The lowest BCUT2D eigenvalue weighted by Gasteiger charge is -2.57. The van der Waals surface area contributed by atoms with Crippen LogP contribution in [0.15, 0.2) is 77.7 Å². The second-order valence-corrected chi connectivity index (χ2v) is 9.51. The summed E-state index contributed by atoms with van der Waals surface area (Å²) in [5.74, 6) is -0.0866.